The van der Waals surface area contributed by atoms with Crippen LogP contribution in [0.2, 0.25) is 0 Å². The molecule has 2 atom stereocenters. The molecule has 0 radical (unpaired) electrons. The molecule has 0 spiro atoms. The number of nitrogens with one attached hydrogen (secondary N) is 2. The number of carboxylic acids is 1. The lowest BCUT2D eigenvalue weighted by molar-refractivity contribution is -0.150. The Morgan fingerprint density at radius 3 is 2.33 bits per heavy atom. The van der Waals surface area contributed by atoms with Crippen molar-refractivity contribution in [1.82, 2.24) is 15.5 Å². The van der Waals surface area contributed by atoms with Gasteiger partial charge in [-0.25, -0.2) is 4.79 Å². The molecule has 7 nitrogen and oxygen atoms in total. The lowest BCUT2D eigenvalue weighted by Crippen LogP contribution is -2.50. The standard InChI is InChI=1S/C14H25N3O4/c1-5-15-11(18)10(4)16-13(21)17-7-6-14(8-17,9(2)3)12(19)20/h9-10H,5-8H2,1-4H3,(H,15,18)(H,16,21)(H,19,20). The second-order valence-electron chi connectivity index (χ2n) is 5.85. The highest BCUT2D eigenvalue weighted by Crippen LogP contribution is 2.38. The maximum Gasteiger partial charge on any atom is 0.318 e. The van der Waals surface area contributed by atoms with Gasteiger partial charge in [0.15, 0.2) is 0 Å². The summed E-state index contributed by atoms with van der Waals surface area (Å²) in [6.45, 7) is 8.17. The SMILES string of the molecule is CCNC(=O)C(C)NC(=O)N1CCC(C(=O)O)(C(C)C)C1. The average Bonchev–Trinajstić information content (AvgIpc) is 2.85. The lowest BCUT2D eigenvalue weighted by atomic mass is 9.76. The number of likely N-dealkylation sites (tertiary alicyclic amines) is 1. The Kier molecular flexibility index (Phi) is 5.57. The van der Waals surface area contributed by atoms with Crippen molar-refractivity contribution in [2.45, 2.75) is 40.2 Å². The molecule has 0 aliphatic carbocycles. The quantitative estimate of drug-likeness (QED) is 0.694. The first-order valence-corrected chi connectivity index (χ1v) is 7.31. The molecule has 1 fully saturated rings. The molecule has 1 aliphatic rings. The number of hydrogen-bond acceptors (Lipinski definition) is 3. The van der Waals surface area contributed by atoms with Crippen molar-refractivity contribution < 1.29 is 19.5 Å². The van der Waals surface area contributed by atoms with Crippen LogP contribution in [0.5, 0.6) is 0 Å². The third kappa shape index (κ3) is 3.65. The van der Waals surface area contributed by atoms with Gasteiger partial charge in [-0.15, -0.1) is 0 Å². The van der Waals surface area contributed by atoms with Gasteiger partial charge in [-0.1, -0.05) is 13.8 Å². The van der Waals surface area contributed by atoms with E-state index >= 15 is 0 Å². The van der Waals surface area contributed by atoms with Crippen LogP contribution in [0.25, 0.3) is 0 Å². The highest BCUT2D eigenvalue weighted by Gasteiger charge is 2.48. The molecule has 2 unspecified atom stereocenters. The largest absolute Gasteiger partial charge is 0.481 e. The number of likely N-dealkylation sites (N-methyl/N-ethyl adjacent to an activating group) is 1. The molecule has 0 aromatic heterocycles. The summed E-state index contributed by atoms with van der Waals surface area (Å²) in [6.07, 6.45) is 0.433. The van der Waals surface area contributed by atoms with E-state index in [2.05, 4.69) is 10.6 Å². The van der Waals surface area contributed by atoms with E-state index < -0.39 is 23.5 Å². The lowest BCUT2D eigenvalue weighted by Gasteiger charge is -2.29. The Hall–Kier alpha value is -1.79. The first kappa shape index (κ1) is 17.3. The van der Waals surface area contributed by atoms with E-state index in [4.69, 9.17) is 0 Å². The van der Waals surface area contributed by atoms with Crippen molar-refractivity contribution in [3.63, 3.8) is 0 Å². The van der Waals surface area contributed by atoms with E-state index in [-0.39, 0.29) is 18.4 Å². The Balaban J connectivity index is 2.66. The van der Waals surface area contributed by atoms with Crippen molar-refractivity contribution in [2.24, 2.45) is 11.3 Å². The van der Waals surface area contributed by atoms with Crippen molar-refractivity contribution in [3.8, 4) is 0 Å². The summed E-state index contributed by atoms with van der Waals surface area (Å²) in [5.41, 5.74) is -0.897. The molecule has 1 heterocycles. The first-order chi connectivity index (χ1) is 9.74. The zero-order valence-corrected chi connectivity index (χ0v) is 13.1. The van der Waals surface area contributed by atoms with Crippen LogP contribution < -0.4 is 10.6 Å². The van der Waals surface area contributed by atoms with Crippen molar-refractivity contribution in [3.05, 3.63) is 0 Å². The van der Waals surface area contributed by atoms with E-state index in [1.54, 1.807) is 13.8 Å². The van der Waals surface area contributed by atoms with Gasteiger partial charge >= 0.3 is 12.0 Å². The van der Waals surface area contributed by atoms with Gasteiger partial charge in [0.25, 0.3) is 0 Å². The van der Waals surface area contributed by atoms with Crippen LogP contribution in [0.15, 0.2) is 0 Å². The van der Waals surface area contributed by atoms with Gasteiger partial charge < -0.3 is 20.6 Å². The van der Waals surface area contributed by atoms with Crippen LogP contribution >= 0.6 is 0 Å². The summed E-state index contributed by atoms with van der Waals surface area (Å²) in [5.74, 6) is -1.18. The molecule has 1 saturated heterocycles. The highest BCUT2D eigenvalue weighted by atomic mass is 16.4. The van der Waals surface area contributed by atoms with Crippen molar-refractivity contribution in [1.29, 1.82) is 0 Å². The predicted molar refractivity (Wildman–Crippen MR) is 77.8 cm³/mol. The Morgan fingerprint density at radius 1 is 1.29 bits per heavy atom. The number of rotatable bonds is 5. The number of hydrogen-bond donors (Lipinski definition) is 3. The highest BCUT2D eigenvalue weighted by molar-refractivity contribution is 5.87. The predicted octanol–water partition coefficient (Wildman–Crippen LogP) is 0.653. The van der Waals surface area contributed by atoms with E-state index in [0.29, 0.717) is 19.5 Å². The van der Waals surface area contributed by atoms with Gasteiger partial charge in [0, 0.05) is 19.6 Å². The van der Waals surface area contributed by atoms with Crippen LogP contribution in [0.3, 0.4) is 0 Å². The molecule has 3 amide bonds. The minimum absolute atomic E-state index is 0.0615. The van der Waals surface area contributed by atoms with Gasteiger partial charge in [0.05, 0.1) is 5.41 Å². The van der Waals surface area contributed by atoms with E-state index in [1.807, 2.05) is 13.8 Å². The van der Waals surface area contributed by atoms with E-state index in [1.165, 1.54) is 4.90 Å². The van der Waals surface area contributed by atoms with Crippen LogP contribution in [0.1, 0.15) is 34.1 Å². The van der Waals surface area contributed by atoms with Crippen molar-refractivity contribution >= 4 is 17.9 Å². The second kappa shape index (κ2) is 6.78. The third-order valence-electron chi connectivity index (χ3n) is 4.20. The summed E-state index contributed by atoms with van der Waals surface area (Å²) in [6, 6.07) is -1.03. The zero-order valence-electron chi connectivity index (χ0n) is 13.1. The fourth-order valence-corrected chi connectivity index (χ4v) is 2.57. The average molecular weight is 299 g/mol. The molecular weight excluding hydrogens is 274 g/mol. The van der Waals surface area contributed by atoms with E-state index in [9.17, 15) is 19.5 Å². The fourth-order valence-electron chi connectivity index (χ4n) is 2.57. The van der Waals surface area contributed by atoms with Gasteiger partial charge in [-0.3, -0.25) is 9.59 Å². The Morgan fingerprint density at radius 2 is 1.90 bits per heavy atom. The minimum atomic E-state index is -0.897. The molecule has 1 aliphatic heterocycles. The van der Waals surface area contributed by atoms with Gasteiger partial charge in [-0.2, -0.15) is 0 Å². The zero-order chi connectivity index (χ0) is 16.2. The molecular formula is C14H25N3O4. The smallest absolute Gasteiger partial charge is 0.318 e. The summed E-state index contributed by atoms with van der Waals surface area (Å²) in [5, 5.41) is 14.7. The minimum Gasteiger partial charge on any atom is -0.481 e. The van der Waals surface area contributed by atoms with Crippen LogP contribution in [0, 0.1) is 11.3 Å². The molecule has 21 heavy (non-hydrogen) atoms. The summed E-state index contributed by atoms with van der Waals surface area (Å²) >= 11 is 0. The molecule has 0 aromatic carbocycles. The number of urea groups is 1. The second-order valence-corrected chi connectivity index (χ2v) is 5.85. The van der Waals surface area contributed by atoms with Gasteiger partial charge in [0.2, 0.25) is 5.91 Å². The van der Waals surface area contributed by atoms with Gasteiger partial charge in [0.1, 0.15) is 6.04 Å². The summed E-state index contributed by atoms with van der Waals surface area (Å²) in [7, 11) is 0. The molecule has 0 aromatic rings. The topological polar surface area (TPSA) is 98.7 Å². The number of carboxylic acid groups (broad SMARTS) is 1. The van der Waals surface area contributed by atoms with Gasteiger partial charge in [-0.05, 0) is 26.2 Å². The van der Waals surface area contributed by atoms with Crippen LogP contribution in [0.4, 0.5) is 4.79 Å². The molecule has 1 rings (SSSR count). The number of carbonyl (C=O) groups excluding carboxylic acids is 2. The molecule has 120 valence electrons. The van der Waals surface area contributed by atoms with Crippen molar-refractivity contribution in [2.75, 3.05) is 19.6 Å². The maximum absolute atomic E-state index is 12.1. The monoisotopic (exact) mass is 299 g/mol. The molecule has 0 saturated carbocycles. The number of nitrogens with zero attached hydrogens (tertiary/aromatic N) is 1. The molecule has 7 heteroatoms. The Labute approximate surface area is 125 Å². The number of aliphatic carboxylic acids is 1. The third-order valence-corrected chi connectivity index (χ3v) is 4.20. The van der Waals surface area contributed by atoms with E-state index in [0.717, 1.165) is 0 Å². The summed E-state index contributed by atoms with van der Waals surface area (Å²) in [4.78, 5) is 36.7. The normalized spacial score (nSPS) is 23.0. The van der Waals surface area contributed by atoms with Crippen LogP contribution in [-0.2, 0) is 9.59 Å². The first-order valence-electron chi connectivity index (χ1n) is 7.31. The van der Waals surface area contributed by atoms with Crippen LogP contribution in [-0.4, -0.2) is 53.6 Å². The Bertz CT molecular complexity index is 424. The molecule has 0 bridgehead atoms. The fraction of sp³-hybridized carbons (Fsp3) is 0.786. The number of amides is 3. The maximum atomic E-state index is 12.1. The molecule has 3 N–H and O–H groups in total. The summed E-state index contributed by atoms with van der Waals surface area (Å²) < 4.78 is 0. The number of carbonyl (C=O) groups is 3.